The van der Waals surface area contributed by atoms with Crippen molar-refractivity contribution in [2.45, 2.75) is 45.1 Å². The predicted octanol–water partition coefficient (Wildman–Crippen LogP) is 3.40. The Morgan fingerprint density at radius 3 is 2.59 bits per heavy atom. The quantitative estimate of drug-likeness (QED) is 0.553. The highest BCUT2D eigenvalue weighted by atomic mass is 16.5. The SMILES string of the molecule is COc1ccc([C@@H]2CN(C(=O)CO)C[C@@]2(C)[C@@H](C)O)cc1OCCCCc1ccccc1. The molecule has 32 heavy (non-hydrogen) atoms. The second kappa shape index (κ2) is 10.8. The smallest absolute Gasteiger partial charge is 0.248 e. The molecule has 0 saturated carbocycles. The summed E-state index contributed by atoms with van der Waals surface area (Å²) in [5, 5.41) is 19.8. The summed E-state index contributed by atoms with van der Waals surface area (Å²) in [6, 6.07) is 16.2. The van der Waals surface area contributed by atoms with Crippen molar-refractivity contribution in [2.24, 2.45) is 5.41 Å². The van der Waals surface area contributed by atoms with E-state index < -0.39 is 18.1 Å². The molecule has 0 radical (unpaired) electrons. The predicted molar refractivity (Wildman–Crippen MR) is 124 cm³/mol. The van der Waals surface area contributed by atoms with E-state index in [9.17, 15) is 15.0 Å². The van der Waals surface area contributed by atoms with E-state index in [0.717, 1.165) is 24.8 Å². The molecule has 0 aliphatic carbocycles. The van der Waals surface area contributed by atoms with Gasteiger partial charge in [0.1, 0.15) is 6.61 Å². The van der Waals surface area contributed by atoms with Gasteiger partial charge in [-0.2, -0.15) is 0 Å². The maximum absolute atomic E-state index is 12.1. The van der Waals surface area contributed by atoms with Crippen molar-refractivity contribution in [2.75, 3.05) is 33.4 Å². The third-order valence-corrected chi connectivity index (χ3v) is 6.72. The zero-order valence-electron chi connectivity index (χ0n) is 19.3. The lowest BCUT2D eigenvalue weighted by Gasteiger charge is -2.33. The van der Waals surface area contributed by atoms with Gasteiger partial charge in [0.25, 0.3) is 0 Å². The molecule has 1 aliphatic heterocycles. The Hall–Kier alpha value is -2.57. The van der Waals surface area contributed by atoms with Gasteiger partial charge in [0.2, 0.25) is 5.91 Å². The number of likely N-dealkylation sites (tertiary alicyclic amines) is 1. The maximum atomic E-state index is 12.1. The van der Waals surface area contributed by atoms with Crippen LogP contribution in [0.2, 0.25) is 0 Å². The van der Waals surface area contributed by atoms with Crippen LogP contribution in [0.5, 0.6) is 11.5 Å². The summed E-state index contributed by atoms with van der Waals surface area (Å²) in [4.78, 5) is 13.8. The Bertz CT molecular complexity index is 885. The van der Waals surface area contributed by atoms with Crippen LogP contribution in [0, 0.1) is 5.41 Å². The van der Waals surface area contributed by atoms with Crippen LogP contribution in [-0.2, 0) is 11.2 Å². The molecule has 0 aromatic heterocycles. The van der Waals surface area contributed by atoms with Gasteiger partial charge in [0.05, 0.1) is 19.8 Å². The lowest BCUT2D eigenvalue weighted by atomic mass is 9.72. The Balaban J connectivity index is 1.69. The van der Waals surface area contributed by atoms with E-state index in [1.165, 1.54) is 5.56 Å². The van der Waals surface area contributed by atoms with E-state index >= 15 is 0 Å². The highest BCUT2D eigenvalue weighted by molar-refractivity contribution is 5.77. The van der Waals surface area contributed by atoms with Gasteiger partial charge in [-0.3, -0.25) is 4.79 Å². The summed E-state index contributed by atoms with van der Waals surface area (Å²) in [6.07, 6.45) is 2.36. The summed E-state index contributed by atoms with van der Waals surface area (Å²) in [5.41, 5.74) is 1.79. The Kier molecular flexibility index (Phi) is 8.15. The molecular weight excluding hydrogens is 406 g/mol. The minimum absolute atomic E-state index is 0.0793. The molecule has 2 N–H and O–H groups in total. The second-order valence-corrected chi connectivity index (χ2v) is 8.87. The van der Waals surface area contributed by atoms with Crippen LogP contribution in [0.3, 0.4) is 0 Å². The number of unbranched alkanes of at least 4 members (excludes halogenated alkanes) is 1. The molecule has 174 valence electrons. The Morgan fingerprint density at radius 1 is 1.19 bits per heavy atom. The molecule has 1 aliphatic rings. The molecule has 6 heteroatoms. The lowest BCUT2D eigenvalue weighted by Crippen LogP contribution is -2.38. The number of carbonyl (C=O) groups is 1. The molecule has 2 aromatic rings. The van der Waals surface area contributed by atoms with Gasteiger partial charge in [-0.25, -0.2) is 0 Å². The summed E-state index contributed by atoms with van der Waals surface area (Å²) in [7, 11) is 1.62. The van der Waals surface area contributed by atoms with Crippen LogP contribution in [0.25, 0.3) is 0 Å². The number of hydrogen-bond acceptors (Lipinski definition) is 5. The fraction of sp³-hybridized carbons (Fsp3) is 0.500. The maximum Gasteiger partial charge on any atom is 0.248 e. The lowest BCUT2D eigenvalue weighted by molar-refractivity contribution is -0.133. The van der Waals surface area contributed by atoms with Gasteiger partial charge in [-0.1, -0.05) is 43.3 Å². The van der Waals surface area contributed by atoms with Crippen molar-refractivity contribution in [3.05, 3.63) is 59.7 Å². The van der Waals surface area contributed by atoms with Gasteiger partial charge in [0, 0.05) is 24.4 Å². The molecule has 2 aromatic carbocycles. The van der Waals surface area contributed by atoms with Gasteiger partial charge in [-0.05, 0) is 49.4 Å². The topological polar surface area (TPSA) is 79.2 Å². The fourth-order valence-electron chi connectivity index (χ4n) is 4.50. The first kappa shape index (κ1) is 24.1. The number of rotatable bonds is 10. The minimum atomic E-state index is -0.617. The number of benzene rings is 2. The van der Waals surface area contributed by atoms with E-state index in [1.54, 1.807) is 18.9 Å². The van der Waals surface area contributed by atoms with Gasteiger partial charge in [-0.15, -0.1) is 0 Å². The van der Waals surface area contributed by atoms with Crippen LogP contribution in [-0.4, -0.2) is 60.5 Å². The van der Waals surface area contributed by atoms with Crippen molar-refractivity contribution in [3.8, 4) is 11.5 Å². The highest BCUT2D eigenvalue weighted by Gasteiger charge is 2.48. The number of methoxy groups -OCH3 is 1. The highest BCUT2D eigenvalue weighted by Crippen LogP contribution is 2.46. The molecule has 1 fully saturated rings. The zero-order chi connectivity index (χ0) is 23.1. The average Bonchev–Trinajstić information content (AvgIpc) is 3.18. The van der Waals surface area contributed by atoms with E-state index in [4.69, 9.17) is 9.47 Å². The van der Waals surface area contributed by atoms with Crippen molar-refractivity contribution in [3.63, 3.8) is 0 Å². The number of aliphatic hydroxyl groups is 2. The first-order chi connectivity index (χ1) is 15.4. The molecule has 1 heterocycles. The molecule has 1 amide bonds. The summed E-state index contributed by atoms with van der Waals surface area (Å²) >= 11 is 0. The number of nitrogens with zero attached hydrogens (tertiary/aromatic N) is 1. The van der Waals surface area contributed by atoms with E-state index in [2.05, 4.69) is 24.3 Å². The molecule has 3 rings (SSSR count). The summed E-state index contributed by atoms with van der Waals surface area (Å²) in [5.74, 6) is 0.938. The second-order valence-electron chi connectivity index (χ2n) is 8.87. The van der Waals surface area contributed by atoms with Crippen molar-refractivity contribution in [1.29, 1.82) is 0 Å². The molecule has 1 saturated heterocycles. The standard InChI is InChI=1S/C26H35NO5/c1-19(29)26(2)18-27(25(30)17-28)16-22(26)21-12-13-23(31-3)24(15-21)32-14-8-7-11-20-9-5-4-6-10-20/h4-6,9-10,12-13,15,19,22,28-29H,7-8,11,14,16-18H2,1-3H3/t19-,22+,26+/m1/s1. The first-order valence-corrected chi connectivity index (χ1v) is 11.3. The van der Waals surface area contributed by atoms with Crippen molar-refractivity contribution < 1.29 is 24.5 Å². The summed E-state index contributed by atoms with van der Waals surface area (Å²) in [6.45, 7) is 4.65. The van der Waals surface area contributed by atoms with E-state index in [1.807, 2.05) is 31.2 Å². The monoisotopic (exact) mass is 441 g/mol. The van der Waals surface area contributed by atoms with Crippen molar-refractivity contribution in [1.82, 2.24) is 4.90 Å². The zero-order valence-corrected chi connectivity index (χ0v) is 19.3. The largest absolute Gasteiger partial charge is 0.493 e. The third kappa shape index (κ3) is 5.43. The molecule has 3 atom stereocenters. The number of hydrogen-bond donors (Lipinski definition) is 2. The first-order valence-electron chi connectivity index (χ1n) is 11.3. The van der Waals surface area contributed by atoms with Gasteiger partial charge in [0.15, 0.2) is 11.5 Å². The number of ether oxygens (including phenoxy) is 2. The van der Waals surface area contributed by atoms with Crippen LogP contribution in [0.1, 0.15) is 43.7 Å². The number of carbonyl (C=O) groups excluding carboxylic acids is 1. The third-order valence-electron chi connectivity index (χ3n) is 6.72. The van der Waals surface area contributed by atoms with Gasteiger partial charge < -0.3 is 24.6 Å². The number of aliphatic hydroxyl groups excluding tert-OH is 2. The molecule has 0 bridgehead atoms. The van der Waals surface area contributed by atoms with Crippen LogP contribution >= 0.6 is 0 Å². The minimum Gasteiger partial charge on any atom is -0.493 e. The Labute approximate surface area is 190 Å². The number of aryl methyl sites for hydroxylation is 1. The average molecular weight is 442 g/mol. The molecule has 0 unspecified atom stereocenters. The van der Waals surface area contributed by atoms with E-state index in [-0.39, 0.29) is 11.8 Å². The van der Waals surface area contributed by atoms with Crippen LogP contribution < -0.4 is 9.47 Å². The van der Waals surface area contributed by atoms with Crippen LogP contribution in [0.15, 0.2) is 48.5 Å². The van der Waals surface area contributed by atoms with Crippen LogP contribution in [0.4, 0.5) is 0 Å². The number of amides is 1. The molecule has 0 spiro atoms. The molecule has 6 nitrogen and oxygen atoms in total. The van der Waals surface area contributed by atoms with Gasteiger partial charge >= 0.3 is 0 Å². The fourth-order valence-corrected chi connectivity index (χ4v) is 4.50. The van der Waals surface area contributed by atoms with Crippen molar-refractivity contribution >= 4 is 5.91 Å². The Morgan fingerprint density at radius 2 is 1.94 bits per heavy atom. The normalized spacial score (nSPS) is 21.4. The summed E-state index contributed by atoms with van der Waals surface area (Å²) < 4.78 is 11.6. The van der Waals surface area contributed by atoms with E-state index in [0.29, 0.717) is 31.2 Å². The molecular formula is C26H35NO5.